The van der Waals surface area contributed by atoms with Crippen LogP contribution in [0.2, 0.25) is 5.02 Å². The molecule has 1 fully saturated rings. The molecule has 1 heterocycles. The smallest absolute Gasteiger partial charge is 0.0748 e. The molecular formula is C17H27ClN2O. The van der Waals surface area contributed by atoms with Crippen LogP contribution in [-0.2, 0) is 11.3 Å². The second-order valence-corrected chi connectivity index (χ2v) is 7.16. The monoisotopic (exact) mass is 310 g/mol. The fourth-order valence-electron chi connectivity index (χ4n) is 2.53. The lowest BCUT2D eigenvalue weighted by Crippen LogP contribution is -2.43. The molecule has 1 saturated heterocycles. The van der Waals surface area contributed by atoms with Gasteiger partial charge < -0.3 is 15.0 Å². The first-order valence-corrected chi connectivity index (χ1v) is 8.17. The summed E-state index contributed by atoms with van der Waals surface area (Å²) in [6, 6.07) is 6.19. The molecule has 1 aromatic carbocycles. The Balaban J connectivity index is 2.18. The fraction of sp³-hybridized carbons (Fsp3) is 0.647. The number of rotatable bonds is 4. The molecule has 118 valence electrons. The van der Waals surface area contributed by atoms with Crippen LogP contribution in [0.15, 0.2) is 18.2 Å². The lowest BCUT2D eigenvalue weighted by Gasteiger charge is -2.35. The fourth-order valence-corrected chi connectivity index (χ4v) is 2.69. The molecule has 1 atom stereocenters. The zero-order valence-corrected chi connectivity index (χ0v) is 14.3. The van der Waals surface area contributed by atoms with E-state index in [0.717, 1.165) is 37.7 Å². The van der Waals surface area contributed by atoms with E-state index < -0.39 is 0 Å². The second-order valence-electron chi connectivity index (χ2n) is 6.72. The van der Waals surface area contributed by atoms with E-state index in [2.05, 4.69) is 50.0 Å². The van der Waals surface area contributed by atoms with Crippen molar-refractivity contribution in [1.29, 1.82) is 0 Å². The first-order chi connectivity index (χ1) is 9.89. The maximum atomic E-state index is 6.22. The zero-order chi connectivity index (χ0) is 15.5. The van der Waals surface area contributed by atoms with Crippen molar-refractivity contribution in [3.05, 3.63) is 28.8 Å². The molecule has 1 aliphatic rings. The second kappa shape index (κ2) is 6.99. The minimum Gasteiger partial charge on any atom is -0.375 e. The molecule has 0 radical (unpaired) electrons. The van der Waals surface area contributed by atoms with Crippen LogP contribution in [0.1, 0.15) is 39.7 Å². The molecule has 1 aliphatic heterocycles. The van der Waals surface area contributed by atoms with E-state index in [1.807, 2.05) is 6.07 Å². The van der Waals surface area contributed by atoms with Crippen molar-refractivity contribution in [2.45, 2.75) is 52.3 Å². The summed E-state index contributed by atoms with van der Waals surface area (Å²) in [5.41, 5.74) is 2.64. The van der Waals surface area contributed by atoms with E-state index in [0.29, 0.717) is 6.10 Å². The van der Waals surface area contributed by atoms with Gasteiger partial charge in [0.25, 0.3) is 0 Å². The summed E-state index contributed by atoms with van der Waals surface area (Å²) in [7, 11) is 0. The SMILES string of the molecule is CCC1CN(c2cc(Cl)ccc2CNC(C)(C)C)CCO1. The maximum absolute atomic E-state index is 6.22. The summed E-state index contributed by atoms with van der Waals surface area (Å²) in [4.78, 5) is 2.41. The van der Waals surface area contributed by atoms with Crippen LogP contribution in [0.5, 0.6) is 0 Å². The molecule has 0 saturated carbocycles. The highest BCUT2D eigenvalue weighted by molar-refractivity contribution is 6.30. The van der Waals surface area contributed by atoms with Crippen molar-refractivity contribution in [3.8, 4) is 0 Å². The van der Waals surface area contributed by atoms with Gasteiger partial charge in [-0.2, -0.15) is 0 Å². The van der Waals surface area contributed by atoms with Crippen LogP contribution < -0.4 is 10.2 Å². The van der Waals surface area contributed by atoms with Crippen molar-refractivity contribution in [1.82, 2.24) is 5.32 Å². The minimum atomic E-state index is 0.105. The van der Waals surface area contributed by atoms with Gasteiger partial charge in [0, 0.05) is 35.9 Å². The van der Waals surface area contributed by atoms with Crippen molar-refractivity contribution >= 4 is 17.3 Å². The van der Waals surface area contributed by atoms with Crippen molar-refractivity contribution < 1.29 is 4.74 Å². The normalized spacial score (nSPS) is 19.9. The predicted octanol–water partition coefficient (Wildman–Crippen LogP) is 3.84. The Kier molecular flexibility index (Phi) is 5.53. The number of ether oxygens (including phenoxy) is 1. The molecule has 0 spiro atoms. The zero-order valence-electron chi connectivity index (χ0n) is 13.6. The van der Waals surface area contributed by atoms with E-state index >= 15 is 0 Å². The molecule has 0 amide bonds. The lowest BCUT2D eigenvalue weighted by atomic mass is 10.1. The quantitative estimate of drug-likeness (QED) is 0.914. The van der Waals surface area contributed by atoms with Gasteiger partial charge in [-0.1, -0.05) is 24.6 Å². The number of hydrogen-bond acceptors (Lipinski definition) is 3. The van der Waals surface area contributed by atoms with Gasteiger partial charge in [-0.15, -0.1) is 0 Å². The Morgan fingerprint density at radius 2 is 2.14 bits per heavy atom. The van der Waals surface area contributed by atoms with Gasteiger partial charge in [0.15, 0.2) is 0 Å². The van der Waals surface area contributed by atoms with Crippen molar-refractivity contribution in [2.24, 2.45) is 0 Å². The Hall–Kier alpha value is -0.770. The molecule has 0 aromatic heterocycles. The van der Waals surface area contributed by atoms with Crippen molar-refractivity contribution in [2.75, 3.05) is 24.6 Å². The third-order valence-electron chi connectivity index (χ3n) is 3.79. The summed E-state index contributed by atoms with van der Waals surface area (Å²) in [5, 5.41) is 4.36. The molecule has 4 heteroatoms. The van der Waals surface area contributed by atoms with Crippen molar-refractivity contribution in [3.63, 3.8) is 0 Å². The van der Waals surface area contributed by atoms with Crippen LogP contribution in [0.3, 0.4) is 0 Å². The van der Waals surface area contributed by atoms with Crippen LogP contribution in [0, 0.1) is 0 Å². The number of morpholine rings is 1. The largest absolute Gasteiger partial charge is 0.375 e. The van der Waals surface area contributed by atoms with Gasteiger partial charge in [-0.05, 0) is 44.9 Å². The summed E-state index contributed by atoms with van der Waals surface area (Å²) in [5.74, 6) is 0. The number of hydrogen-bond donors (Lipinski definition) is 1. The Bertz CT molecular complexity index is 470. The highest BCUT2D eigenvalue weighted by atomic mass is 35.5. The van der Waals surface area contributed by atoms with Gasteiger partial charge in [0.05, 0.1) is 12.7 Å². The summed E-state index contributed by atoms with van der Waals surface area (Å²) in [6.07, 6.45) is 1.37. The number of nitrogens with zero attached hydrogens (tertiary/aromatic N) is 1. The predicted molar refractivity (Wildman–Crippen MR) is 90.3 cm³/mol. The molecule has 1 unspecified atom stereocenters. The highest BCUT2D eigenvalue weighted by Crippen LogP contribution is 2.27. The standard InChI is InChI=1S/C17H27ClN2O/c1-5-15-12-20(8-9-21-15)16-10-14(18)7-6-13(16)11-19-17(2,3)4/h6-7,10,15,19H,5,8-9,11-12H2,1-4H3. The average Bonchev–Trinajstić information content (AvgIpc) is 2.45. The molecule has 0 aliphatic carbocycles. The van der Waals surface area contributed by atoms with Gasteiger partial charge in [0.1, 0.15) is 0 Å². The van der Waals surface area contributed by atoms with Gasteiger partial charge in [0.2, 0.25) is 0 Å². The number of benzene rings is 1. The topological polar surface area (TPSA) is 24.5 Å². The Morgan fingerprint density at radius 3 is 2.81 bits per heavy atom. The molecular weight excluding hydrogens is 284 g/mol. The Labute approximate surface area is 133 Å². The molecule has 21 heavy (non-hydrogen) atoms. The molecule has 0 bridgehead atoms. The van der Waals surface area contributed by atoms with Gasteiger partial charge in [-0.3, -0.25) is 0 Å². The van der Waals surface area contributed by atoms with E-state index in [-0.39, 0.29) is 5.54 Å². The molecule has 1 N–H and O–H groups in total. The van der Waals surface area contributed by atoms with Gasteiger partial charge >= 0.3 is 0 Å². The van der Waals surface area contributed by atoms with E-state index in [1.165, 1.54) is 11.3 Å². The number of nitrogens with one attached hydrogen (secondary N) is 1. The first-order valence-electron chi connectivity index (χ1n) is 7.79. The van der Waals surface area contributed by atoms with Crippen LogP contribution >= 0.6 is 11.6 Å². The first kappa shape index (κ1) is 16.6. The Morgan fingerprint density at radius 1 is 1.38 bits per heavy atom. The van der Waals surface area contributed by atoms with E-state index in [4.69, 9.17) is 16.3 Å². The molecule has 3 nitrogen and oxygen atoms in total. The summed E-state index contributed by atoms with van der Waals surface area (Å²) in [6.45, 7) is 12.2. The molecule has 2 rings (SSSR count). The van der Waals surface area contributed by atoms with E-state index in [1.54, 1.807) is 0 Å². The van der Waals surface area contributed by atoms with E-state index in [9.17, 15) is 0 Å². The molecule has 1 aromatic rings. The van der Waals surface area contributed by atoms with Crippen LogP contribution in [0.25, 0.3) is 0 Å². The summed E-state index contributed by atoms with van der Waals surface area (Å²) < 4.78 is 5.77. The third kappa shape index (κ3) is 4.87. The number of halogens is 1. The number of anilines is 1. The van der Waals surface area contributed by atoms with Crippen LogP contribution in [-0.4, -0.2) is 31.3 Å². The summed E-state index contributed by atoms with van der Waals surface area (Å²) >= 11 is 6.22. The minimum absolute atomic E-state index is 0.105. The van der Waals surface area contributed by atoms with Gasteiger partial charge in [-0.25, -0.2) is 0 Å². The maximum Gasteiger partial charge on any atom is 0.0748 e. The third-order valence-corrected chi connectivity index (χ3v) is 4.03. The van der Waals surface area contributed by atoms with Crippen LogP contribution in [0.4, 0.5) is 5.69 Å². The average molecular weight is 311 g/mol. The highest BCUT2D eigenvalue weighted by Gasteiger charge is 2.21. The lowest BCUT2D eigenvalue weighted by molar-refractivity contribution is 0.0384.